The monoisotopic (exact) mass is 420 g/mol. The molecule has 0 fully saturated rings. The Hall–Kier alpha value is -4.18. The van der Waals surface area contributed by atoms with Crippen LogP contribution in [0.2, 0.25) is 0 Å². The first-order valence-electron chi connectivity index (χ1n) is 10.4. The number of aliphatic carboxylic acids is 2. The van der Waals surface area contributed by atoms with Crippen LogP contribution in [0.5, 0.6) is 0 Å². The van der Waals surface area contributed by atoms with E-state index < -0.39 is 17.9 Å². The van der Waals surface area contributed by atoms with E-state index in [1.165, 1.54) is 0 Å². The highest BCUT2D eigenvalue weighted by Gasteiger charge is 2.37. The van der Waals surface area contributed by atoms with Gasteiger partial charge in [-0.05, 0) is 62.6 Å². The number of carboxylic acid groups (broad SMARTS) is 2. The van der Waals surface area contributed by atoms with Crippen LogP contribution in [0.3, 0.4) is 0 Å². The van der Waals surface area contributed by atoms with E-state index in [0.29, 0.717) is 17.5 Å². The van der Waals surface area contributed by atoms with Crippen LogP contribution in [0.15, 0.2) is 91.0 Å². The quantitative estimate of drug-likeness (QED) is 0.350. The molecule has 4 nitrogen and oxygen atoms in total. The molecule has 2 N–H and O–H groups in total. The number of benzene rings is 4. The summed E-state index contributed by atoms with van der Waals surface area (Å²) in [6, 6.07) is 29.2. The highest BCUT2D eigenvalue weighted by molar-refractivity contribution is 6.05. The number of carboxylic acids is 2. The summed E-state index contributed by atoms with van der Waals surface area (Å²) in [5.74, 6) is -4.40. The fourth-order valence-corrected chi connectivity index (χ4v) is 4.74. The zero-order valence-corrected chi connectivity index (χ0v) is 17.2. The zero-order valence-electron chi connectivity index (χ0n) is 17.2. The van der Waals surface area contributed by atoms with Crippen molar-refractivity contribution in [1.82, 2.24) is 0 Å². The summed E-state index contributed by atoms with van der Waals surface area (Å²) in [5.41, 5.74) is 7.34. The lowest BCUT2D eigenvalue weighted by Crippen LogP contribution is -2.23. The van der Waals surface area contributed by atoms with Crippen LogP contribution < -0.4 is 0 Å². The van der Waals surface area contributed by atoms with Crippen molar-refractivity contribution in [1.29, 1.82) is 0 Å². The molecule has 0 unspecified atom stereocenters. The molecule has 5 rings (SSSR count). The standard InChI is InChI=1S/C28H20O4/c29-27(30)26(28(31)32)25-23-15-19-13-7-8-14-20(19)22(23)16-21(17-9-3-1-4-10-17)24(25)18-11-5-2-6-12-18/h1-14,16,26H,15H2,(H,29,30)(H,31,32). The number of carbonyl (C=O) groups is 2. The van der Waals surface area contributed by atoms with E-state index in [2.05, 4.69) is 6.07 Å². The predicted octanol–water partition coefficient (Wildman–Crippen LogP) is 5.84. The minimum absolute atomic E-state index is 0.365. The van der Waals surface area contributed by atoms with Gasteiger partial charge in [0.15, 0.2) is 5.92 Å². The van der Waals surface area contributed by atoms with Crippen LogP contribution in [0.25, 0.3) is 33.4 Å². The highest BCUT2D eigenvalue weighted by atomic mass is 16.4. The van der Waals surface area contributed by atoms with Gasteiger partial charge in [0, 0.05) is 0 Å². The largest absolute Gasteiger partial charge is 0.480 e. The van der Waals surface area contributed by atoms with E-state index in [1.807, 2.05) is 84.9 Å². The van der Waals surface area contributed by atoms with Crippen LogP contribution in [0.4, 0.5) is 0 Å². The van der Waals surface area contributed by atoms with E-state index >= 15 is 0 Å². The van der Waals surface area contributed by atoms with Gasteiger partial charge in [-0.2, -0.15) is 0 Å². The van der Waals surface area contributed by atoms with E-state index in [-0.39, 0.29) is 0 Å². The Morgan fingerprint density at radius 1 is 0.656 bits per heavy atom. The normalized spacial score (nSPS) is 11.8. The smallest absolute Gasteiger partial charge is 0.322 e. The molecule has 0 spiro atoms. The third kappa shape index (κ3) is 3.17. The van der Waals surface area contributed by atoms with Crippen molar-refractivity contribution in [3.63, 3.8) is 0 Å². The van der Waals surface area contributed by atoms with Gasteiger partial charge in [-0.25, -0.2) is 0 Å². The summed E-state index contributed by atoms with van der Waals surface area (Å²) in [6.45, 7) is 0. The molecule has 1 aliphatic carbocycles. The number of hydrogen-bond acceptors (Lipinski definition) is 2. The molecule has 156 valence electrons. The summed E-state index contributed by atoms with van der Waals surface area (Å²) in [7, 11) is 0. The molecule has 4 aromatic rings. The summed E-state index contributed by atoms with van der Waals surface area (Å²) >= 11 is 0. The summed E-state index contributed by atoms with van der Waals surface area (Å²) in [4.78, 5) is 24.5. The lowest BCUT2D eigenvalue weighted by Gasteiger charge is -2.23. The van der Waals surface area contributed by atoms with Gasteiger partial charge in [0.2, 0.25) is 0 Å². The molecule has 4 heteroatoms. The number of fused-ring (bicyclic) bond motifs is 3. The molecule has 0 aliphatic heterocycles. The van der Waals surface area contributed by atoms with E-state index in [0.717, 1.165) is 38.9 Å². The van der Waals surface area contributed by atoms with E-state index in [1.54, 1.807) is 0 Å². The summed E-state index contributed by atoms with van der Waals surface area (Å²) in [5, 5.41) is 20.0. The Balaban J connectivity index is 1.95. The fraction of sp³-hybridized carbons (Fsp3) is 0.0714. The second kappa shape index (κ2) is 7.82. The molecule has 0 atom stereocenters. The van der Waals surface area contributed by atoms with Crippen molar-refractivity contribution in [3.8, 4) is 33.4 Å². The minimum atomic E-state index is -1.67. The lowest BCUT2D eigenvalue weighted by atomic mass is 9.80. The highest BCUT2D eigenvalue weighted by Crippen LogP contribution is 2.48. The molecule has 32 heavy (non-hydrogen) atoms. The third-order valence-electron chi connectivity index (χ3n) is 6.08. The van der Waals surface area contributed by atoms with Crippen LogP contribution in [-0.2, 0) is 16.0 Å². The van der Waals surface area contributed by atoms with Gasteiger partial charge in [0.1, 0.15) is 0 Å². The molecule has 1 aliphatic rings. The van der Waals surface area contributed by atoms with Gasteiger partial charge in [-0.15, -0.1) is 0 Å². The van der Waals surface area contributed by atoms with Crippen molar-refractivity contribution in [2.45, 2.75) is 12.3 Å². The predicted molar refractivity (Wildman–Crippen MR) is 124 cm³/mol. The summed E-state index contributed by atoms with van der Waals surface area (Å²) < 4.78 is 0. The van der Waals surface area contributed by atoms with Crippen molar-refractivity contribution in [2.24, 2.45) is 0 Å². The van der Waals surface area contributed by atoms with E-state index in [9.17, 15) is 19.8 Å². The molecule has 0 bridgehead atoms. The average Bonchev–Trinajstić information content (AvgIpc) is 3.18. The summed E-state index contributed by atoms with van der Waals surface area (Å²) in [6.07, 6.45) is 0.507. The Morgan fingerprint density at radius 3 is 1.84 bits per heavy atom. The molecule has 0 amide bonds. The maximum Gasteiger partial charge on any atom is 0.322 e. The molecule has 4 aromatic carbocycles. The second-order valence-electron chi connectivity index (χ2n) is 7.91. The van der Waals surface area contributed by atoms with Gasteiger partial charge in [0.25, 0.3) is 0 Å². The Morgan fingerprint density at radius 2 is 1.22 bits per heavy atom. The van der Waals surface area contributed by atoms with Gasteiger partial charge in [0.05, 0.1) is 0 Å². The minimum Gasteiger partial charge on any atom is -0.480 e. The molecule has 0 radical (unpaired) electrons. The average molecular weight is 420 g/mol. The van der Waals surface area contributed by atoms with Gasteiger partial charge in [-0.1, -0.05) is 84.9 Å². The Bertz CT molecular complexity index is 1330. The van der Waals surface area contributed by atoms with Gasteiger partial charge in [-0.3, -0.25) is 9.59 Å². The second-order valence-corrected chi connectivity index (χ2v) is 7.91. The lowest BCUT2D eigenvalue weighted by molar-refractivity contribution is -0.150. The van der Waals surface area contributed by atoms with Crippen LogP contribution in [0, 0.1) is 0 Å². The molecule has 0 saturated heterocycles. The first-order valence-corrected chi connectivity index (χ1v) is 10.4. The maximum absolute atomic E-state index is 12.3. The number of hydrogen-bond donors (Lipinski definition) is 2. The fourth-order valence-electron chi connectivity index (χ4n) is 4.74. The van der Waals surface area contributed by atoms with Crippen molar-refractivity contribution < 1.29 is 19.8 Å². The van der Waals surface area contributed by atoms with Gasteiger partial charge < -0.3 is 10.2 Å². The first kappa shape index (κ1) is 19.8. The molecule has 0 aromatic heterocycles. The zero-order chi connectivity index (χ0) is 22.2. The molecular formula is C28H20O4. The Kier molecular flexibility index (Phi) is 4.83. The molecule has 0 heterocycles. The molecular weight excluding hydrogens is 400 g/mol. The third-order valence-corrected chi connectivity index (χ3v) is 6.08. The van der Waals surface area contributed by atoms with Crippen molar-refractivity contribution in [2.75, 3.05) is 0 Å². The van der Waals surface area contributed by atoms with Crippen LogP contribution in [-0.4, -0.2) is 22.2 Å². The van der Waals surface area contributed by atoms with Crippen molar-refractivity contribution >= 4 is 11.9 Å². The topological polar surface area (TPSA) is 74.6 Å². The van der Waals surface area contributed by atoms with Gasteiger partial charge >= 0.3 is 11.9 Å². The number of rotatable bonds is 5. The first-order chi connectivity index (χ1) is 15.6. The van der Waals surface area contributed by atoms with Crippen LogP contribution >= 0.6 is 0 Å². The SMILES string of the molecule is O=C(O)C(C(=O)O)c1c2c(cc(-c3ccccc3)c1-c1ccccc1)-c1ccccc1C2. The maximum atomic E-state index is 12.3. The molecule has 0 saturated carbocycles. The van der Waals surface area contributed by atoms with Crippen molar-refractivity contribution in [3.05, 3.63) is 108 Å². The Labute approximate surface area is 185 Å². The van der Waals surface area contributed by atoms with Crippen LogP contribution in [0.1, 0.15) is 22.6 Å². The van der Waals surface area contributed by atoms with E-state index in [4.69, 9.17) is 0 Å².